The first-order valence-corrected chi connectivity index (χ1v) is 9.89. The Labute approximate surface area is 149 Å². The lowest BCUT2D eigenvalue weighted by atomic mass is 10.3. The topological polar surface area (TPSA) is 111 Å². The highest BCUT2D eigenvalue weighted by Gasteiger charge is 2.29. The Morgan fingerprint density at radius 2 is 1.92 bits per heavy atom. The zero-order valence-corrected chi connectivity index (χ0v) is 15.4. The normalized spacial score (nSPS) is 15.6. The van der Waals surface area contributed by atoms with Crippen LogP contribution in [0.5, 0.6) is 0 Å². The average molecular weight is 383 g/mol. The Bertz CT molecular complexity index is 919. The van der Waals surface area contributed by atoms with E-state index in [0.717, 1.165) is 30.7 Å². The molecule has 9 nitrogen and oxygen atoms in total. The summed E-state index contributed by atoms with van der Waals surface area (Å²) in [5.41, 5.74) is -0.258. The van der Waals surface area contributed by atoms with Gasteiger partial charge in [0, 0.05) is 26.2 Å². The van der Waals surface area contributed by atoms with Crippen LogP contribution < -0.4 is 0 Å². The quantitative estimate of drug-likeness (QED) is 0.573. The minimum atomic E-state index is -3.70. The Balaban J connectivity index is 1.98. The van der Waals surface area contributed by atoms with Gasteiger partial charge < -0.3 is 4.57 Å². The Kier molecular flexibility index (Phi) is 4.80. The number of aryl methyl sites for hydroxylation is 1. The van der Waals surface area contributed by atoms with Crippen LogP contribution in [-0.4, -0.2) is 45.5 Å². The summed E-state index contributed by atoms with van der Waals surface area (Å²) in [6.45, 7) is 2.67. The molecule has 1 aromatic heterocycles. The average Bonchev–Trinajstić information content (AvgIpc) is 3.21. The predicted octanol–water partition coefficient (Wildman–Crippen LogP) is 1.97. The molecule has 0 radical (unpaired) electrons. The molecule has 0 bridgehead atoms. The standard InChI is InChI=1S/C14H17N5O4S2/c1-10-15-16-14(17(10)2)24-13-6-5-11(9-12(13)19(20)21)25(22,23)18-7-3-4-8-18/h5-6,9H,3-4,7-8H2,1-2H3. The molecular weight excluding hydrogens is 366 g/mol. The van der Waals surface area contributed by atoms with Gasteiger partial charge in [0.1, 0.15) is 5.82 Å². The van der Waals surface area contributed by atoms with Gasteiger partial charge in [-0.25, -0.2) is 8.42 Å². The number of rotatable bonds is 5. The van der Waals surface area contributed by atoms with Crippen LogP contribution >= 0.6 is 11.8 Å². The summed E-state index contributed by atoms with van der Waals surface area (Å²) in [4.78, 5) is 11.1. The van der Waals surface area contributed by atoms with E-state index in [0.29, 0.717) is 29.0 Å². The second kappa shape index (κ2) is 6.73. The van der Waals surface area contributed by atoms with Gasteiger partial charge in [0.05, 0.1) is 14.7 Å². The molecule has 1 aliphatic heterocycles. The lowest BCUT2D eigenvalue weighted by Crippen LogP contribution is -2.27. The van der Waals surface area contributed by atoms with E-state index in [9.17, 15) is 18.5 Å². The van der Waals surface area contributed by atoms with Gasteiger partial charge >= 0.3 is 0 Å². The van der Waals surface area contributed by atoms with Crippen LogP contribution in [0.4, 0.5) is 5.69 Å². The zero-order valence-electron chi connectivity index (χ0n) is 13.7. The van der Waals surface area contributed by atoms with Crippen LogP contribution in [0, 0.1) is 17.0 Å². The van der Waals surface area contributed by atoms with Crippen molar-refractivity contribution < 1.29 is 13.3 Å². The fourth-order valence-electron chi connectivity index (χ4n) is 2.54. The number of aromatic nitrogens is 3. The number of sulfonamides is 1. The van der Waals surface area contributed by atoms with Gasteiger partial charge in [-0.1, -0.05) is 0 Å². The lowest BCUT2D eigenvalue weighted by Gasteiger charge is -2.15. The zero-order chi connectivity index (χ0) is 18.2. The first-order valence-electron chi connectivity index (χ1n) is 7.63. The SMILES string of the molecule is Cc1nnc(Sc2ccc(S(=O)(=O)N3CCCC3)cc2[N+](=O)[O-])n1C. The van der Waals surface area contributed by atoms with Crippen molar-refractivity contribution >= 4 is 27.5 Å². The molecule has 0 saturated carbocycles. The third-order valence-electron chi connectivity index (χ3n) is 4.08. The van der Waals surface area contributed by atoms with Crippen LogP contribution in [-0.2, 0) is 17.1 Å². The second-order valence-electron chi connectivity index (χ2n) is 5.69. The third kappa shape index (κ3) is 3.39. The summed E-state index contributed by atoms with van der Waals surface area (Å²) in [6.07, 6.45) is 1.61. The van der Waals surface area contributed by atoms with Crippen molar-refractivity contribution in [1.29, 1.82) is 0 Å². The molecule has 1 fully saturated rings. The van der Waals surface area contributed by atoms with Crippen LogP contribution in [0.25, 0.3) is 0 Å². The molecule has 134 valence electrons. The number of hydrogen-bond acceptors (Lipinski definition) is 7. The summed E-state index contributed by atoms with van der Waals surface area (Å²) in [5.74, 6) is 0.679. The van der Waals surface area contributed by atoms with Crippen LogP contribution in [0.3, 0.4) is 0 Å². The van der Waals surface area contributed by atoms with Gasteiger partial charge in [-0.3, -0.25) is 10.1 Å². The van der Waals surface area contributed by atoms with Gasteiger partial charge in [-0.15, -0.1) is 10.2 Å². The van der Waals surface area contributed by atoms with E-state index in [-0.39, 0.29) is 10.6 Å². The molecule has 2 aromatic rings. The molecule has 0 spiro atoms. The molecule has 3 rings (SSSR count). The number of nitro benzene ring substituents is 1. The van der Waals surface area contributed by atoms with Gasteiger partial charge in [-0.05, 0) is 43.7 Å². The largest absolute Gasteiger partial charge is 0.309 e. The predicted molar refractivity (Wildman–Crippen MR) is 91.0 cm³/mol. The van der Waals surface area contributed by atoms with Crippen molar-refractivity contribution in [3.63, 3.8) is 0 Å². The minimum Gasteiger partial charge on any atom is -0.309 e. The lowest BCUT2D eigenvalue weighted by molar-refractivity contribution is -0.388. The molecule has 25 heavy (non-hydrogen) atoms. The molecule has 1 saturated heterocycles. The highest BCUT2D eigenvalue weighted by Crippen LogP contribution is 2.36. The maximum atomic E-state index is 12.6. The first kappa shape index (κ1) is 17.8. The fourth-order valence-corrected chi connectivity index (χ4v) is 5.00. The third-order valence-corrected chi connectivity index (χ3v) is 7.08. The number of hydrogen-bond donors (Lipinski definition) is 0. The number of nitrogens with zero attached hydrogens (tertiary/aromatic N) is 5. The number of nitro groups is 1. The molecular formula is C14H17N5O4S2. The van der Waals surface area contributed by atoms with Gasteiger partial charge in [0.25, 0.3) is 5.69 Å². The molecule has 1 aromatic carbocycles. The summed E-state index contributed by atoms with van der Waals surface area (Å²) < 4.78 is 28.3. The Hall–Kier alpha value is -1.98. The molecule has 0 N–H and O–H groups in total. The Morgan fingerprint density at radius 3 is 2.48 bits per heavy atom. The number of benzene rings is 1. The second-order valence-corrected chi connectivity index (χ2v) is 8.64. The van der Waals surface area contributed by atoms with E-state index >= 15 is 0 Å². The summed E-state index contributed by atoms with van der Waals surface area (Å²) in [7, 11) is -1.94. The van der Waals surface area contributed by atoms with Crippen LogP contribution in [0.2, 0.25) is 0 Å². The molecule has 2 heterocycles. The van der Waals surface area contributed by atoms with E-state index in [1.54, 1.807) is 18.5 Å². The van der Waals surface area contributed by atoms with E-state index in [4.69, 9.17) is 0 Å². The monoisotopic (exact) mass is 383 g/mol. The van der Waals surface area contributed by atoms with Crippen molar-refractivity contribution in [2.75, 3.05) is 13.1 Å². The molecule has 0 aliphatic carbocycles. The fraction of sp³-hybridized carbons (Fsp3) is 0.429. The Morgan fingerprint density at radius 1 is 1.24 bits per heavy atom. The van der Waals surface area contributed by atoms with Crippen LogP contribution in [0.15, 0.2) is 33.1 Å². The van der Waals surface area contributed by atoms with Gasteiger partial charge in [0.2, 0.25) is 10.0 Å². The smallest absolute Gasteiger partial charge is 0.284 e. The molecule has 1 aliphatic rings. The van der Waals surface area contributed by atoms with Crippen molar-refractivity contribution in [3.05, 3.63) is 34.1 Å². The molecule has 11 heteroatoms. The molecule has 0 amide bonds. The van der Waals surface area contributed by atoms with Crippen molar-refractivity contribution in [2.24, 2.45) is 7.05 Å². The highest BCUT2D eigenvalue weighted by molar-refractivity contribution is 7.99. The molecule has 0 atom stereocenters. The summed E-state index contributed by atoms with van der Waals surface area (Å²) in [6, 6.07) is 3.99. The maximum Gasteiger partial charge on any atom is 0.284 e. The summed E-state index contributed by atoms with van der Waals surface area (Å²) >= 11 is 1.08. The van der Waals surface area contributed by atoms with E-state index in [1.165, 1.54) is 16.4 Å². The van der Waals surface area contributed by atoms with Gasteiger partial charge in [-0.2, -0.15) is 4.31 Å². The first-order chi connectivity index (χ1) is 11.8. The van der Waals surface area contributed by atoms with E-state index in [2.05, 4.69) is 10.2 Å². The van der Waals surface area contributed by atoms with Crippen LogP contribution in [0.1, 0.15) is 18.7 Å². The minimum absolute atomic E-state index is 0.0559. The summed E-state index contributed by atoms with van der Waals surface area (Å²) in [5, 5.41) is 19.8. The van der Waals surface area contributed by atoms with E-state index in [1.807, 2.05) is 0 Å². The van der Waals surface area contributed by atoms with Crippen molar-refractivity contribution in [2.45, 2.75) is 34.7 Å². The molecule has 0 unspecified atom stereocenters. The van der Waals surface area contributed by atoms with Gasteiger partial charge in [0.15, 0.2) is 5.16 Å². The van der Waals surface area contributed by atoms with Crippen molar-refractivity contribution in [1.82, 2.24) is 19.1 Å². The van der Waals surface area contributed by atoms with E-state index < -0.39 is 14.9 Å². The maximum absolute atomic E-state index is 12.6. The van der Waals surface area contributed by atoms with Crippen molar-refractivity contribution in [3.8, 4) is 0 Å². The highest BCUT2D eigenvalue weighted by atomic mass is 32.2.